The number of hydrogen-bond donors (Lipinski definition) is 1. The van der Waals surface area contributed by atoms with Gasteiger partial charge in [-0.05, 0) is 52.9 Å². The van der Waals surface area contributed by atoms with E-state index in [2.05, 4.69) is 28.5 Å². The van der Waals surface area contributed by atoms with Gasteiger partial charge in [-0.2, -0.15) is 0 Å². The van der Waals surface area contributed by atoms with E-state index in [1.807, 2.05) is 49.1 Å². The minimum Gasteiger partial charge on any atom is -0.486 e. The van der Waals surface area contributed by atoms with E-state index in [4.69, 9.17) is 4.74 Å². The van der Waals surface area contributed by atoms with Crippen LogP contribution in [0, 0.1) is 11.7 Å². The number of halogens is 1. The van der Waals surface area contributed by atoms with Crippen molar-refractivity contribution in [3.8, 4) is 5.75 Å². The SMILES string of the molecule is CC(C)C(=O)N1CCc2ccc(OCc3nc(C(=O)NCc4ccc(F)cc4)cs3)cc2[C@H]1c1ccccc1. The third kappa shape index (κ3) is 6.17. The van der Waals surface area contributed by atoms with Crippen LogP contribution < -0.4 is 10.1 Å². The third-order valence-corrected chi connectivity index (χ3v) is 7.57. The summed E-state index contributed by atoms with van der Waals surface area (Å²) in [6.07, 6.45) is 0.792. The van der Waals surface area contributed by atoms with Gasteiger partial charge in [0.1, 0.15) is 28.9 Å². The van der Waals surface area contributed by atoms with E-state index >= 15 is 0 Å². The number of carbonyl (C=O) groups is 2. The van der Waals surface area contributed by atoms with Crippen molar-refractivity contribution in [1.29, 1.82) is 0 Å². The summed E-state index contributed by atoms with van der Waals surface area (Å²) in [6, 6.07) is 22.0. The minimum atomic E-state index is -0.315. The first-order chi connectivity index (χ1) is 18.9. The Balaban J connectivity index is 1.28. The Morgan fingerprint density at radius 3 is 2.62 bits per heavy atom. The Bertz CT molecular complexity index is 1450. The molecule has 0 fully saturated rings. The van der Waals surface area contributed by atoms with Crippen molar-refractivity contribution in [2.75, 3.05) is 6.54 Å². The molecule has 1 atom stereocenters. The number of nitrogens with one attached hydrogen (secondary N) is 1. The average molecular weight is 544 g/mol. The lowest BCUT2D eigenvalue weighted by Gasteiger charge is -2.39. The van der Waals surface area contributed by atoms with E-state index in [9.17, 15) is 14.0 Å². The number of hydrogen-bond acceptors (Lipinski definition) is 5. The van der Waals surface area contributed by atoms with Crippen LogP contribution in [-0.4, -0.2) is 28.2 Å². The van der Waals surface area contributed by atoms with Gasteiger partial charge in [0, 0.05) is 24.4 Å². The molecular weight excluding hydrogens is 513 g/mol. The molecule has 0 spiro atoms. The first-order valence-electron chi connectivity index (χ1n) is 13.0. The molecule has 6 nitrogen and oxygen atoms in total. The van der Waals surface area contributed by atoms with Crippen LogP contribution in [0.15, 0.2) is 78.2 Å². The molecule has 3 aromatic carbocycles. The topological polar surface area (TPSA) is 71.5 Å². The molecule has 1 aromatic heterocycles. The molecule has 2 amide bonds. The Kier molecular flexibility index (Phi) is 8.02. The fraction of sp³-hybridized carbons (Fsp3) is 0.258. The summed E-state index contributed by atoms with van der Waals surface area (Å²) in [4.78, 5) is 32.0. The van der Waals surface area contributed by atoms with Crippen LogP contribution in [-0.2, 0) is 24.4 Å². The van der Waals surface area contributed by atoms with Gasteiger partial charge in [-0.15, -0.1) is 11.3 Å². The zero-order chi connectivity index (χ0) is 27.4. The van der Waals surface area contributed by atoms with Crippen LogP contribution in [0.2, 0.25) is 0 Å². The first-order valence-corrected chi connectivity index (χ1v) is 13.8. The molecule has 0 unspecified atom stereocenters. The van der Waals surface area contributed by atoms with Gasteiger partial charge in [0.05, 0.1) is 6.04 Å². The summed E-state index contributed by atoms with van der Waals surface area (Å²) in [5.41, 5.74) is 4.47. The Hall–Kier alpha value is -4.04. The highest BCUT2D eigenvalue weighted by Crippen LogP contribution is 2.38. The lowest BCUT2D eigenvalue weighted by Crippen LogP contribution is -2.42. The van der Waals surface area contributed by atoms with Gasteiger partial charge in [-0.25, -0.2) is 9.37 Å². The monoisotopic (exact) mass is 543 g/mol. The number of nitrogens with zero attached hydrogens (tertiary/aromatic N) is 2. The predicted octanol–water partition coefficient (Wildman–Crippen LogP) is 5.92. The number of rotatable bonds is 8. The van der Waals surface area contributed by atoms with E-state index in [-0.39, 0.29) is 42.7 Å². The Morgan fingerprint density at radius 1 is 1.10 bits per heavy atom. The number of carbonyl (C=O) groups excluding carboxylic acids is 2. The van der Waals surface area contributed by atoms with Gasteiger partial charge in [0.25, 0.3) is 5.91 Å². The molecule has 0 saturated heterocycles. The molecular formula is C31H30FN3O3S. The highest BCUT2D eigenvalue weighted by Gasteiger charge is 2.33. The molecule has 0 radical (unpaired) electrons. The standard InChI is InChI=1S/C31H30FN3O3S/c1-20(2)31(37)35-15-14-22-10-13-25(16-26(22)29(35)23-6-4-3-5-7-23)38-18-28-34-27(19-39-28)30(36)33-17-21-8-11-24(32)12-9-21/h3-13,16,19-20,29H,14-15,17-18H2,1-2H3,(H,33,36)/t29-/m1/s1. The molecule has 2 heterocycles. The largest absolute Gasteiger partial charge is 0.486 e. The molecule has 0 saturated carbocycles. The van der Waals surface area contributed by atoms with Gasteiger partial charge in [-0.1, -0.05) is 62.4 Å². The molecule has 1 N–H and O–H groups in total. The van der Waals surface area contributed by atoms with Crippen molar-refractivity contribution >= 4 is 23.2 Å². The van der Waals surface area contributed by atoms with Crippen LogP contribution in [0.3, 0.4) is 0 Å². The van der Waals surface area contributed by atoms with Crippen molar-refractivity contribution in [1.82, 2.24) is 15.2 Å². The third-order valence-electron chi connectivity index (χ3n) is 6.75. The fourth-order valence-corrected chi connectivity index (χ4v) is 5.43. The zero-order valence-corrected chi connectivity index (χ0v) is 22.7. The highest BCUT2D eigenvalue weighted by molar-refractivity contribution is 7.09. The normalized spacial score (nSPS) is 14.7. The molecule has 8 heteroatoms. The molecule has 0 aliphatic carbocycles. The number of benzene rings is 3. The number of thiazole rings is 1. The zero-order valence-electron chi connectivity index (χ0n) is 21.9. The van der Waals surface area contributed by atoms with Gasteiger partial charge >= 0.3 is 0 Å². The summed E-state index contributed by atoms with van der Waals surface area (Å²) in [6.45, 7) is 5.06. The molecule has 39 heavy (non-hydrogen) atoms. The number of fused-ring (bicyclic) bond motifs is 1. The Labute approximate surface area is 231 Å². The molecule has 1 aliphatic rings. The number of aromatic nitrogens is 1. The van der Waals surface area contributed by atoms with Crippen LogP contribution in [0.4, 0.5) is 4.39 Å². The lowest BCUT2D eigenvalue weighted by atomic mass is 9.87. The molecule has 0 bridgehead atoms. The second-order valence-electron chi connectivity index (χ2n) is 9.83. The van der Waals surface area contributed by atoms with E-state index in [1.54, 1.807) is 17.5 Å². The average Bonchev–Trinajstić information content (AvgIpc) is 3.44. The Morgan fingerprint density at radius 2 is 1.87 bits per heavy atom. The fourth-order valence-electron chi connectivity index (χ4n) is 4.75. The maximum atomic E-state index is 13.1. The second-order valence-corrected chi connectivity index (χ2v) is 10.8. The predicted molar refractivity (Wildman–Crippen MR) is 149 cm³/mol. The smallest absolute Gasteiger partial charge is 0.271 e. The summed E-state index contributed by atoms with van der Waals surface area (Å²) < 4.78 is 19.2. The van der Waals surface area contributed by atoms with E-state index < -0.39 is 0 Å². The van der Waals surface area contributed by atoms with E-state index in [1.165, 1.54) is 29.0 Å². The summed E-state index contributed by atoms with van der Waals surface area (Å²) in [5, 5.41) is 5.18. The maximum Gasteiger partial charge on any atom is 0.271 e. The number of ether oxygens (including phenoxy) is 1. The minimum absolute atomic E-state index is 0.0933. The molecule has 200 valence electrons. The van der Waals surface area contributed by atoms with Gasteiger partial charge in [0.15, 0.2) is 0 Å². The molecule has 4 aromatic rings. The maximum absolute atomic E-state index is 13.1. The van der Waals surface area contributed by atoms with Crippen molar-refractivity contribution in [2.24, 2.45) is 5.92 Å². The summed E-state index contributed by atoms with van der Waals surface area (Å²) >= 11 is 1.36. The van der Waals surface area contributed by atoms with Crippen LogP contribution in [0.5, 0.6) is 5.75 Å². The van der Waals surface area contributed by atoms with Crippen molar-refractivity contribution in [3.05, 3.63) is 117 Å². The van der Waals surface area contributed by atoms with E-state index in [0.29, 0.717) is 23.0 Å². The first kappa shape index (κ1) is 26.6. The molecule has 1 aliphatic heterocycles. The second kappa shape index (κ2) is 11.8. The van der Waals surface area contributed by atoms with Gasteiger partial charge in [-0.3, -0.25) is 9.59 Å². The summed E-state index contributed by atoms with van der Waals surface area (Å²) in [5.74, 6) is 0.116. The van der Waals surface area contributed by atoms with Crippen LogP contribution >= 0.6 is 11.3 Å². The van der Waals surface area contributed by atoms with Crippen LogP contribution in [0.1, 0.15) is 57.6 Å². The van der Waals surface area contributed by atoms with Crippen molar-refractivity contribution in [3.63, 3.8) is 0 Å². The summed E-state index contributed by atoms with van der Waals surface area (Å²) in [7, 11) is 0. The van der Waals surface area contributed by atoms with E-state index in [0.717, 1.165) is 23.1 Å². The highest BCUT2D eigenvalue weighted by atomic mass is 32.1. The van der Waals surface area contributed by atoms with Crippen molar-refractivity contribution in [2.45, 2.75) is 39.5 Å². The van der Waals surface area contributed by atoms with Crippen molar-refractivity contribution < 1.29 is 18.7 Å². The van der Waals surface area contributed by atoms with Gasteiger partial charge < -0.3 is 15.0 Å². The van der Waals surface area contributed by atoms with Gasteiger partial charge in [0.2, 0.25) is 5.91 Å². The molecule has 5 rings (SSSR count). The lowest BCUT2D eigenvalue weighted by molar-refractivity contribution is -0.136. The van der Waals surface area contributed by atoms with Crippen LogP contribution in [0.25, 0.3) is 0 Å². The quantitative estimate of drug-likeness (QED) is 0.299. The number of amides is 2.